The molecule has 0 saturated heterocycles. The SMILES string of the molecule is Cc1cc(-c2nc(=S)cc(C3CC3)[nH]2)cc(C)c1Br. The summed E-state index contributed by atoms with van der Waals surface area (Å²) in [7, 11) is 0. The van der Waals surface area contributed by atoms with Gasteiger partial charge in [0.1, 0.15) is 10.5 Å². The molecule has 2 nitrogen and oxygen atoms in total. The van der Waals surface area contributed by atoms with E-state index in [4.69, 9.17) is 12.2 Å². The molecule has 98 valence electrons. The smallest absolute Gasteiger partial charge is 0.139 e. The molecule has 2 aromatic rings. The maximum absolute atomic E-state index is 5.29. The summed E-state index contributed by atoms with van der Waals surface area (Å²) in [5, 5.41) is 0. The van der Waals surface area contributed by atoms with E-state index in [0.29, 0.717) is 10.6 Å². The molecule has 19 heavy (non-hydrogen) atoms. The predicted octanol–water partition coefficient (Wildman–Crippen LogP) is 5.06. The van der Waals surface area contributed by atoms with E-state index < -0.39 is 0 Å². The van der Waals surface area contributed by atoms with Crippen molar-refractivity contribution < 1.29 is 0 Å². The van der Waals surface area contributed by atoms with E-state index in [1.54, 1.807) is 0 Å². The molecule has 0 spiro atoms. The second kappa shape index (κ2) is 4.84. The molecule has 1 fully saturated rings. The molecule has 0 atom stereocenters. The number of H-pyrrole nitrogens is 1. The van der Waals surface area contributed by atoms with Gasteiger partial charge in [-0.1, -0.05) is 28.1 Å². The Morgan fingerprint density at radius 3 is 2.42 bits per heavy atom. The molecule has 0 aliphatic heterocycles. The standard InChI is InChI=1S/C15H15BrN2S/c1-8-5-11(6-9(2)14(8)16)15-17-12(10-3-4-10)7-13(19)18-15/h5-7,10H,3-4H2,1-2H3,(H,17,18,19). The minimum atomic E-state index is 0.654. The largest absolute Gasteiger partial charge is 0.343 e. The van der Waals surface area contributed by atoms with Gasteiger partial charge >= 0.3 is 0 Å². The van der Waals surface area contributed by atoms with E-state index in [1.807, 2.05) is 6.07 Å². The van der Waals surface area contributed by atoms with Crippen LogP contribution in [0.1, 0.15) is 35.6 Å². The molecular weight excluding hydrogens is 320 g/mol. The maximum Gasteiger partial charge on any atom is 0.139 e. The van der Waals surface area contributed by atoms with Crippen LogP contribution >= 0.6 is 28.1 Å². The van der Waals surface area contributed by atoms with E-state index in [0.717, 1.165) is 15.9 Å². The summed E-state index contributed by atoms with van der Waals surface area (Å²) in [5.41, 5.74) is 4.76. The van der Waals surface area contributed by atoms with Crippen molar-refractivity contribution in [2.24, 2.45) is 0 Å². The van der Waals surface area contributed by atoms with Crippen molar-refractivity contribution in [2.45, 2.75) is 32.6 Å². The quantitative estimate of drug-likeness (QED) is 0.777. The minimum Gasteiger partial charge on any atom is -0.343 e. The number of hydrogen-bond acceptors (Lipinski definition) is 2. The topological polar surface area (TPSA) is 28.7 Å². The summed E-state index contributed by atoms with van der Waals surface area (Å²) in [4.78, 5) is 7.91. The minimum absolute atomic E-state index is 0.654. The number of rotatable bonds is 2. The lowest BCUT2D eigenvalue weighted by atomic mass is 10.1. The number of nitrogens with one attached hydrogen (secondary N) is 1. The summed E-state index contributed by atoms with van der Waals surface area (Å²) < 4.78 is 1.84. The summed E-state index contributed by atoms with van der Waals surface area (Å²) in [6.07, 6.45) is 2.51. The Balaban J connectivity index is 2.13. The normalized spacial score (nSPS) is 14.7. The fourth-order valence-electron chi connectivity index (χ4n) is 2.31. The van der Waals surface area contributed by atoms with Gasteiger partial charge in [-0.15, -0.1) is 0 Å². The number of aromatic amines is 1. The van der Waals surface area contributed by atoms with Gasteiger partial charge < -0.3 is 4.98 Å². The van der Waals surface area contributed by atoms with Crippen LogP contribution in [-0.4, -0.2) is 9.97 Å². The van der Waals surface area contributed by atoms with Crippen LogP contribution in [0.15, 0.2) is 22.7 Å². The number of hydrogen-bond donors (Lipinski definition) is 1. The molecule has 4 heteroatoms. The monoisotopic (exact) mass is 334 g/mol. The molecule has 0 radical (unpaired) electrons. The van der Waals surface area contributed by atoms with Gasteiger partial charge in [0.15, 0.2) is 0 Å². The lowest BCUT2D eigenvalue weighted by Gasteiger charge is -2.09. The van der Waals surface area contributed by atoms with E-state index in [-0.39, 0.29) is 0 Å². The van der Waals surface area contributed by atoms with Crippen molar-refractivity contribution in [3.63, 3.8) is 0 Å². The van der Waals surface area contributed by atoms with E-state index in [9.17, 15) is 0 Å². The third-order valence-corrected chi connectivity index (χ3v) is 4.95. The van der Waals surface area contributed by atoms with E-state index in [2.05, 4.69) is 51.9 Å². The van der Waals surface area contributed by atoms with Crippen LogP contribution in [0.5, 0.6) is 0 Å². The van der Waals surface area contributed by atoms with Crippen molar-refractivity contribution in [3.8, 4) is 11.4 Å². The molecule has 3 rings (SSSR count). The molecule has 0 bridgehead atoms. The third kappa shape index (κ3) is 2.65. The lowest BCUT2D eigenvalue weighted by Crippen LogP contribution is -1.96. The van der Waals surface area contributed by atoms with Gasteiger partial charge in [-0.05, 0) is 61.9 Å². The van der Waals surface area contributed by atoms with Gasteiger partial charge in [0, 0.05) is 15.7 Å². The van der Waals surface area contributed by atoms with E-state index in [1.165, 1.54) is 29.7 Å². The summed E-state index contributed by atoms with van der Waals surface area (Å²) in [6.45, 7) is 4.19. The number of nitrogens with zero attached hydrogens (tertiary/aromatic N) is 1. The predicted molar refractivity (Wildman–Crippen MR) is 84.0 cm³/mol. The second-order valence-electron chi connectivity index (χ2n) is 5.22. The molecule has 1 aromatic heterocycles. The Labute approximate surface area is 126 Å². The Bertz CT molecular complexity index is 679. The van der Waals surface area contributed by atoms with Gasteiger partial charge in [0.05, 0.1) is 0 Å². The third-order valence-electron chi connectivity index (χ3n) is 3.49. The molecular formula is C15H15BrN2S. The van der Waals surface area contributed by atoms with Gasteiger partial charge in [0.2, 0.25) is 0 Å². The molecule has 0 amide bonds. The Morgan fingerprint density at radius 1 is 1.21 bits per heavy atom. The number of halogens is 1. The highest BCUT2D eigenvalue weighted by molar-refractivity contribution is 9.10. The van der Waals surface area contributed by atoms with Crippen molar-refractivity contribution in [3.05, 3.63) is 44.1 Å². The van der Waals surface area contributed by atoms with Gasteiger partial charge in [0.25, 0.3) is 0 Å². The zero-order chi connectivity index (χ0) is 13.6. The average Bonchev–Trinajstić information content (AvgIpc) is 3.18. The van der Waals surface area contributed by atoms with E-state index >= 15 is 0 Å². The highest BCUT2D eigenvalue weighted by Gasteiger charge is 2.24. The van der Waals surface area contributed by atoms with Crippen molar-refractivity contribution >= 4 is 28.1 Å². The first-order valence-electron chi connectivity index (χ1n) is 6.43. The average molecular weight is 335 g/mol. The summed E-state index contributed by atoms with van der Waals surface area (Å²) in [5.74, 6) is 1.54. The summed E-state index contributed by atoms with van der Waals surface area (Å²) in [6, 6.07) is 6.28. The highest BCUT2D eigenvalue weighted by atomic mass is 79.9. The number of aromatic nitrogens is 2. The van der Waals surface area contributed by atoms with Crippen LogP contribution in [0.2, 0.25) is 0 Å². The molecule has 1 heterocycles. The Hall–Kier alpha value is -1.00. The molecule has 1 N–H and O–H groups in total. The van der Waals surface area contributed by atoms with Crippen LogP contribution in [-0.2, 0) is 0 Å². The van der Waals surface area contributed by atoms with Crippen LogP contribution in [0.4, 0.5) is 0 Å². The highest BCUT2D eigenvalue weighted by Crippen LogP contribution is 2.39. The maximum atomic E-state index is 5.29. The Morgan fingerprint density at radius 2 is 1.84 bits per heavy atom. The van der Waals surface area contributed by atoms with Crippen molar-refractivity contribution in [1.29, 1.82) is 0 Å². The second-order valence-corrected chi connectivity index (χ2v) is 6.43. The molecule has 1 aliphatic carbocycles. The van der Waals surface area contributed by atoms with Crippen LogP contribution in [0, 0.1) is 18.5 Å². The zero-order valence-electron chi connectivity index (χ0n) is 11.0. The lowest BCUT2D eigenvalue weighted by molar-refractivity contribution is 0.987. The first-order chi connectivity index (χ1) is 9.04. The van der Waals surface area contributed by atoms with Gasteiger partial charge in [-0.2, -0.15) is 0 Å². The first-order valence-corrected chi connectivity index (χ1v) is 7.63. The molecule has 1 aliphatic rings. The number of benzene rings is 1. The van der Waals surface area contributed by atoms with Gasteiger partial charge in [-0.25, -0.2) is 4.98 Å². The van der Waals surface area contributed by atoms with Crippen LogP contribution in [0.25, 0.3) is 11.4 Å². The molecule has 1 saturated carbocycles. The van der Waals surface area contributed by atoms with Crippen molar-refractivity contribution in [1.82, 2.24) is 9.97 Å². The van der Waals surface area contributed by atoms with Crippen molar-refractivity contribution in [2.75, 3.05) is 0 Å². The zero-order valence-corrected chi connectivity index (χ0v) is 13.4. The summed E-state index contributed by atoms with van der Waals surface area (Å²) >= 11 is 8.88. The first kappa shape index (κ1) is 13.0. The van der Waals surface area contributed by atoms with Crippen LogP contribution < -0.4 is 0 Å². The van der Waals surface area contributed by atoms with Crippen LogP contribution in [0.3, 0.4) is 0 Å². The fraction of sp³-hybridized carbons (Fsp3) is 0.333. The molecule has 1 aromatic carbocycles. The number of aryl methyl sites for hydroxylation is 2. The Kier molecular flexibility index (Phi) is 3.31. The van der Waals surface area contributed by atoms with Gasteiger partial charge in [-0.3, -0.25) is 0 Å². The fourth-order valence-corrected chi connectivity index (χ4v) is 2.76. The molecule has 0 unspecified atom stereocenters.